The lowest BCUT2D eigenvalue weighted by Crippen LogP contribution is -2.36. The molecule has 0 bridgehead atoms. The van der Waals surface area contributed by atoms with Crippen molar-refractivity contribution < 1.29 is 4.74 Å². The molecular formula is C24H25N5O2. The standard InChI is InChI=1S/C24H25N5O2/c1-18-17-20(28-13-15-31-16-14-28)7-8-22(18)29-12-10-23(30)24(27-29)21(9-11-25)26-19-5-3-2-4-6-19/h2-12,17,25-26H,13-16H2,1H3/b21-9-,25-11?. The maximum absolute atomic E-state index is 12.6. The van der Waals surface area contributed by atoms with Gasteiger partial charge in [-0.2, -0.15) is 5.10 Å². The molecule has 31 heavy (non-hydrogen) atoms. The lowest BCUT2D eigenvalue weighted by Gasteiger charge is -2.29. The normalized spacial score (nSPS) is 14.4. The van der Waals surface area contributed by atoms with Crippen molar-refractivity contribution in [1.29, 1.82) is 5.41 Å². The number of benzene rings is 2. The van der Waals surface area contributed by atoms with E-state index in [0.29, 0.717) is 5.70 Å². The van der Waals surface area contributed by atoms with E-state index in [1.54, 1.807) is 10.9 Å². The molecule has 4 rings (SSSR count). The summed E-state index contributed by atoms with van der Waals surface area (Å²) in [6.07, 6.45) is 4.36. The number of anilines is 2. The lowest BCUT2D eigenvalue weighted by atomic mass is 10.1. The van der Waals surface area contributed by atoms with E-state index in [1.807, 2.05) is 43.3 Å². The van der Waals surface area contributed by atoms with Gasteiger partial charge >= 0.3 is 0 Å². The van der Waals surface area contributed by atoms with Crippen LogP contribution in [-0.2, 0) is 4.74 Å². The number of hydrogen-bond acceptors (Lipinski definition) is 6. The number of rotatable bonds is 6. The second kappa shape index (κ2) is 9.40. The Morgan fingerprint density at radius 1 is 1.13 bits per heavy atom. The van der Waals surface area contributed by atoms with Gasteiger partial charge in [0.15, 0.2) is 5.69 Å². The molecule has 3 aromatic rings. The van der Waals surface area contributed by atoms with Crippen molar-refractivity contribution >= 4 is 23.3 Å². The zero-order valence-corrected chi connectivity index (χ0v) is 17.4. The summed E-state index contributed by atoms with van der Waals surface area (Å²) < 4.78 is 7.15. The predicted octanol–water partition coefficient (Wildman–Crippen LogP) is 3.48. The van der Waals surface area contributed by atoms with E-state index in [4.69, 9.17) is 10.1 Å². The monoisotopic (exact) mass is 415 g/mol. The van der Waals surface area contributed by atoms with Crippen molar-refractivity contribution in [3.05, 3.63) is 88.4 Å². The molecule has 1 aromatic heterocycles. The largest absolute Gasteiger partial charge is 0.378 e. The fourth-order valence-electron chi connectivity index (χ4n) is 3.58. The maximum atomic E-state index is 12.6. The second-order valence-electron chi connectivity index (χ2n) is 7.28. The molecule has 0 atom stereocenters. The number of ether oxygens (including phenoxy) is 1. The van der Waals surface area contributed by atoms with E-state index in [-0.39, 0.29) is 11.1 Å². The highest BCUT2D eigenvalue weighted by Gasteiger charge is 2.14. The van der Waals surface area contributed by atoms with Gasteiger partial charge in [-0.1, -0.05) is 18.2 Å². The Balaban J connectivity index is 1.67. The van der Waals surface area contributed by atoms with E-state index in [9.17, 15) is 4.79 Å². The Labute approximate surface area is 181 Å². The average Bonchev–Trinajstić information content (AvgIpc) is 2.80. The van der Waals surface area contributed by atoms with Gasteiger partial charge in [0.25, 0.3) is 0 Å². The Hall–Kier alpha value is -3.71. The van der Waals surface area contributed by atoms with Crippen molar-refractivity contribution in [3.8, 4) is 5.69 Å². The molecule has 1 aliphatic heterocycles. The van der Waals surface area contributed by atoms with E-state index in [1.165, 1.54) is 12.1 Å². The van der Waals surface area contributed by atoms with Crippen LogP contribution in [0.25, 0.3) is 11.4 Å². The first-order chi connectivity index (χ1) is 15.2. The number of allylic oxidation sites excluding steroid dienone is 1. The van der Waals surface area contributed by atoms with Crippen LogP contribution >= 0.6 is 0 Å². The molecule has 1 saturated heterocycles. The first-order valence-corrected chi connectivity index (χ1v) is 10.2. The smallest absolute Gasteiger partial charge is 0.209 e. The van der Waals surface area contributed by atoms with Crippen molar-refractivity contribution in [2.75, 3.05) is 36.5 Å². The fraction of sp³-hybridized carbons (Fsp3) is 0.208. The van der Waals surface area contributed by atoms with E-state index in [0.717, 1.165) is 55.1 Å². The van der Waals surface area contributed by atoms with Crippen LogP contribution in [0.15, 0.2) is 71.7 Å². The molecule has 158 valence electrons. The van der Waals surface area contributed by atoms with Crippen molar-refractivity contribution in [2.24, 2.45) is 0 Å². The zero-order valence-electron chi connectivity index (χ0n) is 17.4. The van der Waals surface area contributed by atoms with Gasteiger partial charge in [-0.3, -0.25) is 4.79 Å². The van der Waals surface area contributed by atoms with Crippen molar-refractivity contribution in [3.63, 3.8) is 0 Å². The third kappa shape index (κ3) is 4.73. The molecule has 1 fully saturated rings. The predicted molar refractivity (Wildman–Crippen MR) is 124 cm³/mol. The summed E-state index contributed by atoms with van der Waals surface area (Å²) in [6.45, 7) is 5.27. The van der Waals surface area contributed by atoms with Crippen LogP contribution in [0.1, 0.15) is 11.3 Å². The van der Waals surface area contributed by atoms with Gasteiger partial charge in [0.05, 0.1) is 24.6 Å². The number of hydrogen-bond donors (Lipinski definition) is 2. The number of morpholine rings is 1. The number of nitrogens with one attached hydrogen (secondary N) is 2. The second-order valence-corrected chi connectivity index (χ2v) is 7.28. The third-order valence-corrected chi connectivity index (χ3v) is 5.17. The van der Waals surface area contributed by atoms with Gasteiger partial charge in [-0.25, -0.2) is 4.68 Å². The highest BCUT2D eigenvalue weighted by atomic mass is 16.5. The summed E-state index contributed by atoms with van der Waals surface area (Å²) >= 11 is 0. The van der Waals surface area contributed by atoms with Crippen LogP contribution in [0.4, 0.5) is 11.4 Å². The Kier molecular flexibility index (Phi) is 6.24. The minimum atomic E-state index is -0.213. The van der Waals surface area contributed by atoms with Gasteiger partial charge in [0.1, 0.15) is 0 Å². The molecule has 2 N–H and O–H groups in total. The molecule has 0 amide bonds. The van der Waals surface area contributed by atoms with Gasteiger partial charge < -0.3 is 20.4 Å². The van der Waals surface area contributed by atoms with Gasteiger partial charge in [0, 0.05) is 42.9 Å². The first kappa shape index (κ1) is 20.6. The summed E-state index contributed by atoms with van der Waals surface area (Å²) in [7, 11) is 0. The van der Waals surface area contributed by atoms with Gasteiger partial charge in [-0.05, 0) is 48.9 Å². The first-order valence-electron chi connectivity index (χ1n) is 10.2. The SMILES string of the molecule is Cc1cc(N2CCOCC2)ccc1-n1ccc(=O)c(/C(=C/C=N)Nc2ccccc2)n1. The van der Waals surface area contributed by atoms with Crippen LogP contribution in [-0.4, -0.2) is 42.3 Å². The highest BCUT2D eigenvalue weighted by Crippen LogP contribution is 2.23. The lowest BCUT2D eigenvalue weighted by molar-refractivity contribution is 0.122. The van der Waals surface area contributed by atoms with Crippen LogP contribution in [0.5, 0.6) is 0 Å². The van der Waals surface area contributed by atoms with Crippen LogP contribution in [0.3, 0.4) is 0 Å². The quantitative estimate of drug-likeness (QED) is 0.603. The Morgan fingerprint density at radius 2 is 1.90 bits per heavy atom. The summed E-state index contributed by atoms with van der Waals surface area (Å²) in [5, 5.41) is 15.3. The minimum absolute atomic E-state index is 0.213. The van der Waals surface area contributed by atoms with E-state index >= 15 is 0 Å². The topological polar surface area (TPSA) is 83.2 Å². The van der Waals surface area contributed by atoms with Crippen LogP contribution in [0, 0.1) is 12.3 Å². The molecule has 2 aromatic carbocycles. The molecule has 7 nitrogen and oxygen atoms in total. The molecule has 7 heteroatoms. The number of nitrogens with zero attached hydrogens (tertiary/aromatic N) is 3. The fourth-order valence-corrected chi connectivity index (χ4v) is 3.58. The molecule has 2 heterocycles. The molecule has 1 aliphatic rings. The average molecular weight is 415 g/mol. The Bertz CT molecular complexity index is 1150. The minimum Gasteiger partial charge on any atom is -0.378 e. The highest BCUT2D eigenvalue weighted by molar-refractivity contribution is 5.86. The number of aromatic nitrogens is 2. The van der Waals surface area contributed by atoms with E-state index < -0.39 is 0 Å². The van der Waals surface area contributed by atoms with Crippen molar-refractivity contribution in [2.45, 2.75) is 6.92 Å². The molecule has 0 saturated carbocycles. The zero-order chi connectivity index (χ0) is 21.6. The molecule has 0 unspecified atom stereocenters. The van der Waals surface area contributed by atoms with Crippen LogP contribution in [0.2, 0.25) is 0 Å². The van der Waals surface area contributed by atoms with Crippen molar-refractivity contribution in [1.82, 2.24) is 9.78 Å². The summed E-state index contributed by atoms with van der Waals surface area (Å²) in [5.74, 6) is 0. The summed E-state index contributed by atoms with van der Waals surface area (Å²) in [4.78, 5) is 14.9. The van der Waals surface area contributed by atoms with Crippen LogP contribution < -0.4 is 15.6 Å². The number of aryl methyl sites for hydroxylation is 1. The van der Waals surface area contributed by atoms with E-state index in [2.05, 4.69) is 27.4 Å². The molecule has 0 radical (unpaired) electrons. The summed E-state index contributed by atoms with van der Waals surface area (Å²) in [5.41, 5.74) is 4.44. The maximum Gasteiger partial charge on any atom is 0.209 e. The third-order valence-electron chi connectivity index (χ3n) is 5.17. The van der Waals surface area contributed by atoms with Gasteiger partial charge in [-0.15, -0.1) is 0 Å². The molecule has 0 aliphatic carbocycles. The summed E-state index contributed by atoms with van der Waals surface area (Å²) in [6, 6.07) is 17.2. The Morgan fingerprint density at radius 3 is 2.61 bits per heavy atom. The van der Waals surface area contributed by atoms with Gasteiger partial charge in [0.2, 0.25) is 5.43 Å². The molecule has 0 spiro atoms. The number of para-hydroxylation sites is 1. The molecular weight excluding hydrogens is 390 g/mol.